The topological polar surface area (TPSA) is 62.4 Å². The average molecular weight is 377 g/mol. The minimum absolute atomic E-state index is 0.534. The normalized spacial score (nSPS) is 16.4. The molecule has 0 saturated heterocycles. The zero-order valence-corrected chi connectivity index (χ0v) is 17.6. The monoisotopic (exact) mass is 376 g/mol. The standard InChI is InChI=1S/C21H36N4S/c1-16-14-17(2)20(18(3)15-16)25-21(23-11-13-26-12-10-22)24-19-8-6-4-5-7-9-19/h14-15,19H,4-13,22H2,1-3H3,(H2,23,24,25). The van der Waals surface area contributed by atoms with Crippen LogP contribution < -0.4 is 16.4 Å². The molecule has 0 aliphatic heterocycles. The van der Waals surface area contributed by atoms with Crippen LogP contribution in [-0.2, 0) is 0 Å². The fourth-order valence-corrected chi connectivity index (χ4v) is 4.23. The van der Waals surface area contributed by atoms with Gasteiger partial charge in [-0.3, -0.25) is 4.99 Å². The van der Waals surface area contributed by atoms with Crippen molar-refractivity contribution in [1.82, 2.24) is 5.32 Å². The molecular formula is C21H36N4S. The summed E-state index contributed by atoms with van der Waals surface area (Å²) >= 11 is 1.87. The number of thioether (sulfide) groups is 1. The van der Waals surface area contributed by atoms with Gasteiger partial charge in [0.1, 0.15) is 0 Å². The third-order valence-electron chi connectivity index (χ3n) is 4.88. The van der Waals surface area contributed by atoms with Crippen molar-refractivity contribution in [3.8, 4) is 0 Å². The van der Waals surface area contributed by atoms with E-state index in [1.165, 1.54) is 60.9 Å². The van der Waals surface area contributed by atoms with Crippen molar-refractivity contribution in [2.75, 3.05) is 29.9 Å². The van der Waals surface area contributed by atoms with E-state index >= 15 is 0 Å². The van der Waals surface area contributed by atoms with Gasteiger partial charge in [0.2, 0.25) is 0 Å². The predicted molar refractivity (Wildman–Crippen MR) is 118 cm³/mol. The van der Waals surface area contributed by atoms with Crippen molar-refractivity contribution in [2.45, 2.75) is 65.3 Å². The summed E-state index contributed by atoms with van der Waals surface area (Å²) in [7, 11) is 0. The third-order valence-corrected chi connectivity index (χ3v) is 5.88. The van der Waals surface area contributed by atoms with Crippen molar-refractivity contribution in [3.05, 3.63) is 28.8 Å². The molecule has 4 N–H and O–H groups in total. The lowest BCUT2D eigenvalue weighted by molar-refractivity contribution is 0.532. The molecule has 0 unspecified atom stereocenters. The number of rotatable bonds is 7. The third kappa shape index (κ3) is 7.20. The van der Waals surface area contributed by atoms with Crippen LogP contribution in [0.25, 0.3) is 0 Å². The summed E-state index contributed by atoms with van der Waals surface area (Å²) in [6.07, 6.45) is 7.86. The Balaban J connectivity index is 2.07. The fourth-order valence-electron chi connectivity index (χ4n) is 3.64. The highest BCUT2D eigenvalue weighted by Gasteiger charge is 2.15. The van der Waals surface area contributed by atoms with E-state index in [4.69, 9.17) is 10.7 Å². The summed E-state index contributed by atoms with van der Waals surface area (Å²) in [6, 6.07) is 5.00. The number of aliphatic imine (C=N–C) groups is 1. The predicted octanol–water partition coefficient (Wildman–Crippen LogP) is 4.38. The first-order valence-electron chi connectivity index (χ1n) is 10.0. The van der Waals surface area contributed by atoms with E-state index in [0.717, 1.165) is 30.6 Å². The van der Waals surface area contributed by atoms with Gasteiger partial charge in [-0.1, -0.05) is 43.4 Å². The average Bonchev–Trinajstić information content (AvgIpc) is 2.86. The summed E-state index contributed by atoms with van der Waals surface area (Å²) < 4.78 is 0. The van der Waals surface area contributed by atoms with Gasteiger partial charge in [0.15, 0.2) is 5.96 Å². The summed E-state index contributed by atoms with van der Waals surface area (Å²) in [4.78, 5) is 4.85. The molecule has 1 aliphatic rings. The molecule has 5 heteroatoms. The van der Waals surface area contributed by atoms with Gasteiger partial charge in [-0.05, 0) is 44.7 Å². The van der Waals surface area contributed by atoms with Gasteiger partial charge in [-0.25, -0.2) is 0 Å². The van der Waals surface area contributed by atoms with Gasteiger partial charge in [0, 0.05) is 29.8 Å². The van der Waals surface area contributed by atoms with Gasteiger partial charge >= 0.3 is 0 Å². The second-order valence-electron chi connectivity index (χ2n) is 7.36. The lowest BCUT2D eigenvalue weighted by Gasteiger charge is -2.22. The Morgan fingerprint density at radius 1 is 1.08 bits per heavy atom. The van der Waals surface area contributed by atoms with Gasteiger partial charge < -0.3 is 16.4 Å². The van der Waals surface area contributed by atoms with E-state index in [9.17, 15) is 0 Å². The second-order valence-corrected chi connectivity index (χ2v) is 8.59. The summed E-state index contributed by atoms with van der Waals surface area (Å²) in [6.45, 7) is 8.04. The Hall–Kier alpha value is -1.20. The van der Waals surface area contributed by atoms with E-state index in [-0.39, 0.29) is 0 Å². The molecule has 0 heterocycles. The van der Waals surface area contributed by atoms with Gasteiger partial charge in [-0.15, -0.1) is 0 Å². The molecule has 1 fully saturated rings. The van der Waals surface area contributed by atoms with Crippen LogP contribution in [0.4, 0.5) is 5.69 Å². The molecule has 0 atom stereocenters. The van der Waals surface area contributed by atoms with Crippen molar-refractivity contribution < 1.29 is 0 Å². The number of aryl methyl sites for hydroxylation is 3. The molecule has 1 aromatic carbocycles. The van der Waals surface area contributed by atoms with Gasteiger partial charge in [0.25, 0.3) is 0 Å². The Morgan fingerprint density at radius 3 is 2.35 bits per heavy atom. The van der Waals surface area contributed by atoms with E-state index in [0.29, 0.717) is 6.04 Å². The number of benzene rings is 1. The lowest BCUT2D eigenvalue weighted by Crippen LogP contribution is -2.39. The first kappa shape index (κ1) is 21.1. The Bertz CT molecular complexity index is 554. The number of anilines is 1. The smallest absolute Gasteiger partial charge is 0.196 e. The van der Waals surface area contributed by atoms with E-state index in [1.807, 2.05) is 11.8 Å². The maximum Gasteiger partial charge on any atom is 0.196 e. The zero-order valence-electron chi connectivity index (χ0n) is 16.7. The SMILES string of the molecule is Cc1cc(C)c(NC(=NCCSCCN)NC2CCCCCC2)c(C)c1. The largest absolute Gasteiger partial charge is 0.353 e. The maximum atomic E-state index is 5.58. The second kappa shape index (κ2) is 11.5. The number of nitrogens with one attached hydrogen (secondary N) is 2. The van der Waals surface area contributed by atoms with Crippen LogP contribution in [-0.4, -0.2) is 36.6 Å². The highest BCUT2D eigenvalue weighted by Crippen LogP contribution is 2.22. The molecule has 146 valence electrons. The van der Waals surface area contributed by atoms with Crippen molar-refractivity contribution >= 4 is 23.4 Å². The highest BCUT2D eigenvalue weighted by atomic mass is 32.2. The molecule has 1 aromatic rings. The molecule has 0 spiro atoms. The quantitative estimate of drug-likeness (QED) is 0.286. The van der Waals surface area contributed by atoms with Crippen LogP contribution >= 0.6 is 11.8 Å². The number of nitrogens with zero attached hydrogens (tertiary/aromatic N) is 1. The van der Waals surface area contributed by atoms with Crippen LogP contribution in [0.15, 0.2) is 17.1 Å². The van der Waals surface area contributed by atoms with Crippen LogP contribution in [0.2, 0.25) is 0 Å². The van der Waals surface area contributed by atoms with E-state index in [1.54, 1.807) is 0 Å². The van der Waals surface area contributed by atoms with Crippen molar-refractivity contribution in [1.29, 1.82) is 0 Å². The zero-order chi connectivity index (χ0) is 18.8. The summed E-state index contributed by atoms with van der Waals surface area (Å²) in [5.41, 5.74) is 10.6. The van der Waals surface area contributed by atoms with Crippen LogP contribution in [0.3, 0.4) is 0 Å². The van der Waals surface area contributed by atoms with Crippen LogP contribution in [0.1, 0.15) is 55.2 Å². The molecular weight excluding hydrogens is 340 g/mol. The molecule has 2 rings (SSSR count). The lowest BCUT2D eigenvalue weighted by atomic mass is 10.1. The Morgan fingerprint density at radius 2 is 1.73 bits per heavy atom. The minimum atomic E-state index is 0.534. The van der Waals surface area contributed by atoms with Gasteiger partial charge in [-0.2, -0.15) is 11.8 Å². The van der Waals surface area contributed by atoms with Crippen LogP contribution in [0.5, 0.6) is 0 Å². The Labute approximate surface area is 163 Å². The fraction of sp³-hybridized carbons (Fsp3) is 0.667. The number of hydrogen-bond acceptors (Lipinski definition) is 3. The van der Waals surface area contributed by atoms with E-state index in [2.05, 4.69) is 43.5 Å². The van der Waals surface area contributed by atoms with Crippen LogP contribution in [0, 0.1) is 20.8 Å². The molecule has 0 radical (unpaired) electrons. The molecule has 0 aromatic heterocycles. The molecule has 0 bridgehead atoms. The number of guanidine groups is 1. The highest BCUT2D eigenvalue weighted by molar-refractivity contribution is 7.99. The maximum absolute atomic E-state index is 5.58. The molecule has 1 aliphatic carbocycles. The van der Waals surface area contributed by atoms with Crippen molar-refractivity contribution in [3.63, 3.8) is 0 Å². The molecule has 0 amide bonds. The molecule has 4 nitrogen and oxygen atoms in total. The minimum Gasteiger partial charge on any atom is -0.353 e. The number of hydrogen-bond donors (Lipinski definition) is 3. The molecule has 26 heavy (non-hydrogen) atoms. The first-order valence-corrected chi connectivity index (χ1v) is 11.2. The Kier molecular flexibility index (Phi) is 9.33. The first-order chi connectivity index (χ1) is 12.6. The van der Waals surface area contributed by atoms with Crippen molar-refractivity contribution in [2.24, 2.45) is 10.7 Å². The summed E-state index contributed by atoms with van der Waals surface area (Å²) in [5.74, 6) is 2.95. The number of nitrogens with two attached hydrogens (primary N) is 1. The van der Waals surface area contributed by atoms with Gasteiger partial charge in [0.05, 0.1) is 6.54 Å². The van der Waals surface area contributed by atoms with E-state index < -0.39 is 0 Å². The summed E-state index contributed by atoms with van der Waals surface area (Å²) in [5, 5.41) is 7.32. The molecule has 1 saturated carbocycles.